The Morgan fingerprint density at radius 3 is 2.04 bits per heavy atom. The summed E-state index contributed by atoms with van der Waals surface area (Å²) in [5.41, 5.74) is 2.13. The third-order valence-corrected chi connectivity index (χ3v) is 4.00. The van der Waals surface area contributed by atoms with E-state index in [1.807, 2.05) is 31.2 Å². The lowest BCUT2D eigenvalue weighted by Crippen LogP contribution is -2.50. The molecule has 1 saturated heterocycles. The SMILES string of the molecule is Cc1ccc(C(=O)N2CCN(C(=O)c3cc(C)on3)CC2)cc1. The summed E-state index contributed by atoms with van der Waals surface area (Å²) in [4.78, 5) is 28.2. The highest BCUT2D eigenvalue weighted by atomic mass is 16.5. The molecule has 6 heteroatoms. The van der Waals surface area contributed by atoms with Gasteiger partial charge in [0.1, 0.15) is 5.76 Å². The predicted octanol–water partition coefficient (Wildman–Crippen LogP) is 1.89. The van der Waals surface area contributed by atoms with E-state index in [0.29, 0.717) is 43.2 Å². The fraction of sp³-hybridized carbons (Fsp3) is 0.353. The van der Waals surface area contributed by atoms with Crippen molar-refractivity contribution in [3.63, 3.8) is 0 Å². The maximum absolute atomic E-state index is 12.5. The van der Waals surface area contributed by atoms with Gasteiger partial charge in [-0.05, 0) is 26.0 Å². The zero-order valence-corrected chi connectivity index (χ0v) is 13.3. The number of nitrogens with zero attached hydrogens (tertiary/aromatic N) is 3. The summed E-state index contributed by atoms with van der Waals surface area (Å²) >= 11 is 0. The van der Waals surface area contributed by atoms with Gasteiger partial charge in [-0.3, -0.25) is 9.59 Å². The minimum atomic E-state index is -0.149. The van der Waals surface area contributed by atoms with E-state index < -0.39 is 0 Å². The number of carbonyl (C=O) groups is 2. The largest absolute Gasteiger partial charge is 0.361 e. The molecule has 3 rings (SSSR count). The summed E-state index contributed by atoms with van der Waals surface area (Å²) in [7, 11) is 0. The number of carbonyl (C=O) groups excluding carboxylic acids is 2. The van der Waals surface area contributed by atoms with Crippen LogP contribution in [0, 0.1) is 13.8 Å². The van der Waals surface area contributed by atoms with Crippen molar-refractivity contribution in [1.29, 1.82) is 0 Å². The van der Waals surface area contributed by atoms with Crippen molar-refractivity contribution < 1.29 is 14.1 Å². The molecule has 1 fully saturated rings. The average molecular weight is 313 g/mol. The standard InChI is InChI=1S/C17H19N3O3/c1-12-3-5-14(6-4-12)16(21)19-7-9-20(10-8-19)17(22)15-11-13(2)23-18-15/h3-6,11H,7-10H2,1-2H3. The van der Waals surface area contributed by atoms with Crippen LogP contribution >= 0.6 is 0 Å². The van der Waals surface area contributed by atoms with Crippen LogP contribution in [0.4, 0.5) is 0 Å². The molecule has 1 aliphatic rings. The molecule has 2 heterocycles. The molecule has 0 unspecified atom stereocenters. The van der Waals surface area contributed by atoms with Crippen LogP contribution in [0.25, 0.3) is 0 Å². The molecule has 0 saturated carbocycles. The molecule has 120 valence electrons. The molecule has 23 heavy (non-hydrogen) atoms. The van der Waals surface area contributed by atoms with Gasteiger partial charge in [-0.1, -0.05) is 22.9 Å². The first-order valence-corrected chi connectivity index (χ1v) is 7.63. The van der Waals surface area contributed by atoms with Crippen LogP contribution in [0.2, 0.25) is 0 Å². The molecule has 0 N–H and O–H groups in total. The highest BCUT2D eigenvalue weighted by molar-refractivity contribution is 5.95. The van der Waals surface area contributed by atoms with E-state index in [-0.39, 0.29) is 11.8 Å². The molecular formula is C17H19N3O3. The minimum Gasteiger partial charge on any atom is -0.361 e. The van der Waals surface area contributed by atoms with Crippen molar-refractivity contribution in [2.24, 2.45) is 0 Å². The van der Waals surface area contributed by atoms with Gasteiger partial charge in [-0.25, -0.2) is 0 Å². The lowest BCUT2D eigenvalue weighted by molar-refractivity contribution is 0.0530. The first-order valence-electron chi connectivity index (χ1n) is 7.63. The molecule has 0 atom stereocenters. The molecule has 1 aromatic carbocycles. The maximum Gasteiger partial charge on any atom is 0.276 e. The number of aryl methyl sites for hydroxylation is 2. The van der Waals surface area contributed by atoms with Gasteiger partial charge in [0.2, 0.25) is 0 Å². The van der Waals surface area contributed by atoms with Crippen LogP contribution < -0.4 is 0 Å². The van der Waals surface area contributed by atoms with E-state index in [0.717, 1.165) is 5.56 Å². The third-order valence-electron chi connectivity index (χ3n) is 4.00. The number of amides is 2. The molecule has 2 aromatic rings. The lowest BCUT2D eigenvalue weighted by atomic mass is 10.1. The van der Waals surface area contributed by atoms with E-state index in [1.165, 1.54) is 0 Å². The second-order valence-corrected chi connectivity index (χ2v) is 5.77. The summed E-state index contributed by atoms with van der Waals surface area (Å²) in [5.74, 6) is 0.472. The Morgan fingerprint density at radius 1 is 0.957 bits per heavy atom. The van der Waals surface area contributed by atoms with Crippen molar-refractivity contribution in [2.75, 3.05) is 26.2 Å². The van der Waals surface area contributed by atoms with Gasteiger partial charge >= 0.3 is 0 Å². The molecular weight excluding hydrogens is 294 g/mol. The Balaban J connectivity index is 1.61. The lowest BCUT2D eigenvalue weighted by Gasteiger charge is -2.34. The maximum atomic E-state index is 12.5. The van der Waals surface area contributed by atoms with Crippen LogP contribution in [0.3, 0.4) is 0 Å². The van der Waals surface area contributed by atoms with E-state index in [9.17, 15) is 9.59 Å². The molecule has 0 bridgehead atoms. The Labute approximate surface area is 134 Å². The summed E-state index contributed by atoms with van der Waals surface area (Å²) in [6.45, 7) is 5.79. The third kappa shape index (κ3) is 3.26. The van der Waals surface area contributed by atoms with Gasteiger partial charge in [0, 0.05) is 37.8 Å². The highest BCUT2D eigenvalue weighted by Crippen LogP contribution is 2.12. The summed E-state index contributed by atoms with van der Waals surface area (Å²) in [6.07, 6.45) is 0. The fourth-order valence-corrected chi connectivity index (χ4v) is 2.62. The van der Waals surface area contributed by atoms with E-state index >= 15 is 0 Å². The number of benzene rings is 1. The topological polar surface area (TPSA) is 66.7 Å². The quantitative estimate of drug-likeness (QED) is 0.849. The number of aromatic nitrogens is 1. The first kappa shape index (κ1) is 15.3. The molecule has 0 spiro atoms. The second-order valence-electron chi connectivity index (χ2n) is 5.77. The van der Waals surface area contributed by atoms with E-state index in [2.05, 4.69) is 5.16 Å². The van der Waals surface area contributed by atoms with Gasteiger partial charge in [-0.15, -0.1) is 0 Å². The summed E-state index contributed by atoms with van der Waals surface area (Å²) in [5, 5.41) is 3.75. The van der Waals surface area contributed by atoms with Crippen LogP contribution in [-0.4, -0.2) is 52.9 Å². The minimum absolute atomic E-state index is 0.00868. The molecule has 2 amide bonds. The fourth-order valence-electron chi connectivity index (χ4n) is 2.62. The van der Waals surface area contributed by atoms with Gasteiger partial charge in [0.25, 0.3) is 11.8 Å². The van der Waals surface area contributed by atoms with Crippen LogP contribution in [0.5, 0.6) is 0 Å². The van der Waals surface area contributed by atoms with Crippen molar-refractivity contribution in [2.45, 2.75) is 13.8 Å². The zero-order valence-electron chi connectivity index (χ0n) is 13.3. The van der Waals surface area contributed by atoms with Crippen molar-refractivity contribution in [3.8, 4) is 0 Å². The average Bonchev–Trinajstić information content (AvgIpc) is 3.01. The number of hydrogen-bond donors (Lipinski definition) is 0. The van der Waals surface area contributed by atoms with Crippen LogP contribution in [0.1, 0.15) is 32.2 Å². The Bertz CT molecular complexity index is 713. The van der Waals surface area contributed by atoms with E-state index in [1.54, 1.807) is 22.8 Å². The van der Waals surface area contributed by atoms with Gasteiger partial charge in [0.05, 0.1) is 0 Å². The van der Waals surface area contributed by atoms with E-state index in [4.69, 9.17) is 4.52 Å². The molecule has 0 radical (unpaired) electrons. The zero-order chi connectivity index (χ0) is 16.4. The highest BCUT2D eigenvalue weighted by Gasteiger charge is 2.26. The Morgan fingerprint density at radius 2 is 1.52 bits per heavy atom. The number of piperazine rings is 1. The first-order chi connectivity index (χ1) is 11.0. The Kier molecular flexibility index (Phi) is 4.14. The molecule has 6 nitrogen and oxygen atoms in total. The van der Waals surface area contributed by atoms with Crippen molar-refractivity contribution in [3.05, 3.63) is 52.9 Å². The predicted molar refractivity (Wildman–Crippen MR) is 84.2 cm³/mol. The smallest absolute Gasteiger partial charge is 0.276 e. The van der Waals surface area contributed by atoms with Crippen molar-refractivity contribution in [1.82, 2.24) is 15.0 Å². The normalized spacial score (nSPS) is 14.9. The molecule has 1 aromatic heterocycles. The van der Waals surface area contributed by atoms with Gasteiger partial charge < -0.3 is 14.3 Å². The van der Waals surface area contributed by atoms with Crippen molar-refractivity contribution >= 4 is 11.8 Å². The summed E-state index contributed by atoms with van der Waals surface area (Å²) in [6, 6.07) is 9.17. The monoisotopic (exact) mass is 313 g/mol. The summed E-state index contributed by atoms with van der Waals surface area (Å²) < 4.78 is 4.94. The van der Waals surface area contributed by atoms with Crippen LogP contribution in [-0.2, 0) is 0 Å². The number of hydrogen-bond acceptors (Lipinski definition) is 4. The van der Waals surface area contributed by atoms with Gasteiger partial charge in [0.15, 0.2) is 5.69 Å². The molecule has 1 aliphatic heterocycles. The molecule has 0 aliphatic carbocycles. The number of rotatable bonds is 2. The van der Waals surface area contributed by atoms with Crippen LogP contribution in [0.15, 0.2) is 34.9 Å². The Hall–Kier alpha value is -2.63. The second kappa shape index (κ2) is 6.24. The van der Waals surface area contributed by atoms with Gasteiger partial charge in [-0.2, -0.15) is 0 Å².